The van der Waals surface area contributed by atoms with Crippen LogP contribution in [0.5, 0.6) is 0 Å². The monoisotopic (exact) mass is 245 g/mol. The van der Waals surface area contributed by atoms with Gasteiger partial charge >= 0.3 is 0 Å². The zero-order valence-corrected chi connectivity index (χ0v) is 11.1. The first-order valence-corrected chi connectivity index (χ1v) is 6.54. The van der Waals surface area contributed by atoms with Crippen LogP contribution in [0.3, 0.4) is 0 Å². The number of nitrogens with zero attached hydrogens (tertiary/aromatic N) is 2. The van der Waals surface area contributed by atoms with Crippen molar-refractivity contribution in [2.24, 2.45) is 12.0 Å². The largest absolute Gasteiger partial charge is 0.365 e. The van der Waals surface area contributed by atoms with E-state index in [0.29, 0.717) is 0 Å². The van der Waals surface area contributed by atoms with Gasteiger partial charge in [0.2, 0.25) is 0 Å². The number of aromatic nitrogens is 1. The first-order valence-electron chi connectivity index (χ1n) is 5.66. The van der Waals surface area contributed by atoms with Gasteiger partial charge in [0, 0.05) is 42.0 Å². The summed E-state index contributed by atoms with van der Waals surface area (Å²) >= 11 is 1.80. The summed E-state index contributed by atoms with van der Waals surface area (Å²) < 4.78 is 2.17. The van der Waals surface area contributed by atoms with Crippen LogP contribution in [0.1, 0.15) is 16.1 Å². The Morgan fingerprint density at radius 2 is 2.24 bits per heavy atom. The van der Waals surface area contributed by atoms with Crippen LogP contribution in [0.15, 0.2) is 22.6 Å². The van der Waals surface area contributed by atoms with Crippen LogP contribution in [-0.4, -0.2) is 17.5 Å². The fourth-order valence-corrected chi connectivity index (χ4v) is 3.22. The second-order valence-corrected chi connectivity index (χ2v) is 5.30. The number of aryl methyl sites for hydroxylation is 1. The number of thiophene rings is 1. The smallest absolute Gasteiger partial charge is 0.130 e. The van der Waals surface area contributed by atoms with E-state index < -0.39 is 0 Å². The van der Waals surface area contributed by atoms with Gasteiger partial charge < -0.3 is 9.88 Å². The molecule has 88 valence electrons. The molecule has 0 aromatic carbocycles. The molecule has 1 aliphatic rings. The van der Waals surface area contributed by atoms with Gasteiger partial charge in [0.15, 0.2) is 0 Å². The van der Waals surface area contributed by atoms with Gasteiger partial charge in [-0.1, -0.05) is 0 Å². The van der Waals surface area contributed by atoms with Gasteiger partial charge in [0.1, 0.15) is 5.84 Å². The lowest BCUT2D eigenvalue weighted by atomic mass is 10.0. The van der Waals surface area contributed by atoms with Gasteiger partial charge in [0.05, 0.1) is 6.54 Å². The van der Waals surface area contributed by atoms with E-state index in [1.807, 2.05) is 7.05 Å². The van der Waals surface area contributed by atoms with Gasteiger partial charge in [-0.3, -0.25) is 4.99 Å². The molecular formula is C13H15N3S. The third-order valence-electron chi connectivity index (χ3n) is 3.40. The Morgan fingerprint density at radius 1 is 1.41 bits per heavy atom. The van der Waals surface area contributed by atoms with Crippen LogP contribution < -0.4 is 5.32 Å². The van der Waals surface area contributed by atoms with E-state index in [1.165, 1.54) is 27.3 Å². The Balaban J connectivity index is 2.34. The Morgan fingerprint density at radius 3 is 3.00 bits per heavy atom. The van der Waals surface area contributed by atoms with E-state index >= 15 is 0 Å². The summed E-state index contributed by atoms with van der Waals surface area (Å²) in [6.07, 6.45) is 2.20. The lowest BCUT2D eigenvalue weighted by Gasteiger charge is -2.07. The molecule has 2 aromatic heterocycles. The highest BCUT2D eigenvalue weighted by Crippen LogP contribution is 2.35. The molecule has 0 saturated carbocycles. The third-order valence-corrected chi connectivity index (χ3v) is 4.32. The highest BCUT2D eigenvalue weighted by molar-refractivity contribution is 7.10. The van der Waals surface area contributed by atoms with Crippen molar-refractivity contribution < 1.29 is 0 Å². The molecule has 0 unspecified atom stereocenters. The molecule has 0 aliphatic carbocycles. The van der Waals surface area contributed by atoms with Crippen LogP contribution in [0.25, 0.3) is 11.1 Å². The quantitative estimate of drug-likeness (QED) is 0.759. The third kappa shape index (κ3) is 1.44. The first-order chi connectivity index (χ1) is 8.22. The average molecular weight is 245 g/mol. The van der Waals surface area contributed by atoms with Crippen molar-refractivity contribution in [3.63, 3.8) is 0 Å². The molecule has 2 aromatic rings. The van der Waals surface area contributed by atoms with Gasteiger partial charge in [-0.25, -0.2) is 0 Å². The lowest BCUT2D eigenvalue weighted by molar-refractivity contribution is 0.874. The molecule has 3 heterocycles. The fourth-order valence-electron chi connectivity index (χ4n) is 2.39. The van der Waals surface area contributed by atoms with Gasteiger partial charge in [-0.2, -0.15) is 0 Å². The summed E-state index contributed by atoms with van der Waals surface area (Å²) in [5.74, 6) is 1.00. The van der Waals surface area contributed by atoms with E-state index in [1.54, 1.807) is 11.3 Å². The second kappa shape index (κ2) is 3.74. The van der Waals surface area contributed by atoms with E-state index in [4.69, 9.17) is 0 Å². The van der Waals surface area contributed by atoms with E-state index in [2.05, 4.69) is 46.5 Å². The Kier molecular flexibility index (Phi) is 2.33. The molecule has 4 heteroatoms. The first kappa shape index (κ1) is 10.6. The summed E-state index contributed by atoms with van der Waals surface area (Å²) in [7, 11) is 3.93. The number of amidine groups is 1. The Labute approximate surface area is 105 Å². The average Bonchev–Trinajstić information content (AvgIpc) is 2.85. The van der Waals surface area contributed by atoms with Crippen molar-refractivity contribution in [3.8, 4) is 11.1 Å². The highest BCUT2D eigenvalue weighted by atomic mass is 32.1. The molecule has 0 fully saturated rings. The van der Waals surface area contributed by atoms with E-state index in [0.717, 1.165) is 12.4 Å². The van der Waals surface area contributed by atoms with Crippen molar-refractivity contribution in [3.05, 3.63) is 33.8 Å². The Hall–Kier alpha value is -1.55. The number of aliphatic imine (C=N–C) groups is 1. The highest BCUT2D eigenvalue weighted by Gasteiger charge is 2.23. The summed E-state index contributed by atoms with van der Waals surface area (Å²) in [6.45, 7) is 3.01. The van der Waals surface area contributed by atoms with Crippen LogP contribution in [0.4, 0.5) is 0 Å². The molecule has 1 N–H and O–H groups in total. The molecule has 1 aliphatic heterocycles. The maximum absolute atomic E-state index is 4.38. The minimum absolute atomic E-state index is 0.873. The van der Waals surface area contributed by atoms with Crippen LogP contribution in [0.2, 0.25) is 0 Å². The predicted molar refractivity (Wildman–Crippen MR) is 72.8 cm³/mol. The molecule has 3 rings (SSSR count). The maximum atomic E-state index is 4.38. The lowest BCUT2D eigenvalue weighted by Crippen LogP contribution is -2.23. The van der Waals surface area contributed by atoms with Crippen LogP contribution in [-0.2, 0) is 13.6 Å². The summed E-state index contributed by atoms with van der Waals surface area (Å²) in [5, 5.41) is 5.59. The van der Waals surface area contributed by atoms with Crippen molar-refractivity contribution in [1.29, 1.82) is 0 Å². The number of hydrogen-bond donors (Lipinski definition) is 1. The predicted octanol–water partition coefficient (Wildman–Crippen LogP) is 2.54. The SMILES string of the molecule is C/N=C1/NCc2sccc2-c2cn(C)c(C)c21. The number of rotatable bonds is 0. The minimum Gasteiger partial charge on any atom is -0.365 e. The number of fused-ring (bicyclic) bond motifs is 3. The number of nitrogens with one attached hydrogen (secondary N) is 1. The van der Waals surface area contributed by atoms with E-state index in [-0.39, 0.29) is 0 Å². The van der Waals surface area contributed by atoms with E-state index in [9.17, 15) is 0 Å². The molecule has 3 nitrogen and oxygen atoms in total. The summed E-state index contributed by atoms with van der Waals surface area (Å²) in [4.78, 5) is 5.77. The molecule has 0 radical (unpaired) electrons. The van der Waals surface area contributed by atoms with Crippen LogP contribution >= 0.6 is 11.3 Å². The number of hydrogen-bond acceptors (Lipinski definition) is 2. The van der Waals surface area contributed by atoms with Crippen LogP contribution in [0, 0.1) is 6.92 Å². The molecule has 0 spiro atoms. The topological polar surface area (TPSA) is 29.3 Å². The van der Waals surface area contributed by atoms with Crippen molar-refractivity contribution in [2.45, 2.75) is 13.5 Å². The summed E-state index contributed by atoms with van der Waals surface area (Å²) in [5.41, 5.74) is 5.14. The molecule has 17 heavy (non-hydrogen) atoms. The Bertz CT molecular complexity index is 604. The second-order valence-electron chi connectivity index (χ2n) is 4.30. The zero-order chi connectivity index (χ0) is 12.0. The van der Waals surface area contributed by atoms with Crippen molar-refractivity contribution >= 4 is 17.2 Å². The molecular weight excluding hydrogens is 230 g/mol. The van der Waals surface area contributed by atoms with Crippen molar-refractivity contribution in [1.82, 2.24) is 9.88 Å². The molecule has 0 saturated heterocycles. The molecule has 0 amide bonds. The minimum atomic E-state index is 0.873. The van der Waals surface area contributed by atoms with Gasteiger partial charge in [-0.15, -0.1) is 11.3 Å². The van der Waals surface area contributed by atoms with Crippen molar-refractivity contribution in [2.75, 3.05) is 7.05 Å². The maximum Gasteiger partial charge on any atom is 0.130 e. The summed E-state index contributed by atoms with van der Waals surface area (Å²) in [6, 6.07) is 2.21. The standard InChI is InChI=1S/C13H15N3S/c1-8-12-10(7-16(8)3)9-4-5-17-11(9)6-15-13(12)14-2/h4-5,7H,6H2,1-3H3,(H,14,15). The zero-order valence-electron chi connectivity index (χ0n) is 10.2. The normalized spacial score (nSPS) is 16.3. The van der Waals surface area contributed by atoms with Gasteiger partial charge in [-0.05, 0) is 23.9 Å². The van der Waals surface area contributed by atoms with Gasteiger partial charge in [0.25, 0.3) is 0 Å². The molecule has 0 bridgehead atoms. The fraction of sp³-hybridized carbons (Fsp3) is 0.308. The molecule has 0 atom stereocenters.